The van der Waals surface area contributed by atoms with Gasteiger partial charge in [0.1, 0.15) is 11.4 Å². The molecule has 0 saturated carbocycles. The normalized spacial score (nSPS) is 21.0. The zero-order valence-corrected chi connectivity index (χ0v) is 13.9. The highest BCUT2D eigenvalue weighted by atomic mass is 32.1. The maximum Gasteiger partial charge on any atom is 0.271 e. The van der Waals surface area contributed by atoms with Crippen LogP contribution < -0.4 is 10.2 Å². The van der Waals surface area contributed by atoms with Crippen molar-refractivity contribution in [1.29, 1.82) is 0 Å². The van der Waals surface area contributed by atoms with E-state index in [0.717, 1.165) is 38.8 Å². The molecule has 5 nitrogen and oxygen atoms in total. The van der Waals surface area contributed by atoms with Crippen molar-refractivity contribution in [2.75, 3.05) is 18.0 Å². The summed E-state index contributed by atoms with van der Waals surface area (Å²) >= 11 is 5.11. The number of carbonyl (C=O) groups excluding carboxylic acids is 2. The third kappa shape index (κ3) is 3.46. The van der Waals surface area contributed by atoms with E-state index >= 15 is 0 Å². The Hall–Kier alpha value is -2.28. The van der Waals surface area contributed by atoms with Crippen molar-refractivity contribution in [1.82, 2.24) is 10.2 Å². The average molecular weight is 347 g/mol. The first-order valence-electron chi connectivity index (χ1n) is 7.97. The summed E-state index contributed by atoms with van der Waals surface area (Å²) in [7, 11) is 0. The number of hydrogen-bond acceptors (Lipinski definition) is 4. The Bertz CT molecular complexity index is 694. The van der Waals surface area contributed by atoms with Gasteiger partial charge in [-0.25, -0.2) is 4.39 Å². The number of thiocarbonyl (C=S) groups is 1. The van der Waals surface area contributed by atoms with Crippen LogP contribution in [0, 0.1) is 5.82 Å². The lowest BCUT2D eigenvalue weighted by molar-refractivity contribution is -0.122. The van der Waals surface area contributed by atoms with Crippen molar-refractivity contribution in [2.45, 2.75) is 25.7 Å². The van der Waals surface area contributed by atoms with Crippen LogP contribution >= 0.6 is 12.2 Å². The van der Waals surface area contributed by atoms with Gasteiger partial charge in [-0.3, -0.25) is 19.8 Å². The van der Waals surface area contributed by atoms with Crippen molar-refractivity contribution in [3.63, 3.8) is 0 Å². The minimum atomic E-state index is -0.493. The summed E-state index contributed by atoms with van der Waals surface area (Å²) in [5, 5.41) is 2.54. The smallest absolute Gasteiger partial charge is 0.271 e. The monoisotopic (exact) mass is 347 g/mol. The summed E-state index contributed by atoms with van der Waals surface area (Å²) in [6, 6.07) is 5.42. The van der Waals surface area contributed by atoms with Crippen molar-refractivity contribution in [3.05, 3.63) is 41.9 Å². The lowest BCUT2D eigenvalue weighted by Gasteiger charge is -2.30. The molecule has 0 spiro atoms. The second-order valence-corrected chi connectivity index (χ2v) is 6.26. The molecular formula is C17H18FN3O2S. The third-order valence-corrected chi connectivity index (χ3v) is 4.42. The molecule has 2 aliphatic rings. The highest BCUT2D eigenvalue weighted by molar-refractivity contribution is 7.80. The number of amides is 2. The fourth-order valence-electron chi connectivity index (χ4n) is 2.88. The molecule has 2 heterocycles. The van der Waals surface area contributed by atoms with Crippen LogP contribution in [-0.4, -0.2) is 34.9 Å². The Morgan fingerprint density at radius 1 is 1.04 bits per heavy atom. The molecule has 0 radical (unpaired) electrons. The van der Waals surface area contributed by atoms with E-state index in [1.54, 1.807) is 6.20 Å². The van der Waals surface area contributed by atoms with E-state index in [4.69, 9.17) is 12.2 Å². The van der Waals surface area contributed by atoms with Crippen LogP contribution in [0.15, 0.2) is 36.0 Å². The van der Waals surface area contributed by atoms with Crippen molar-refractivity contribution >= 4 is 34.8 Å². The van der Waals surface area contributed by atoms with E-state index in [2.05, 4.69) is 5.32 Å². The van der Waals surface area contributed by atoms with Gasteiger partial charge in [-0.2, -0.15) is 0 Å². The molecule has 0 aliphatic carbocycles. The summed E-state index contributed by atoms with van der Waals surface area (Å²) in [5.41, 5.74) is 0.475. The molecule has 2 aliphatic heterocycles. The third-order valence-electron chi connectivity index (χ3n) is 4.14. The SMILES string of the molecule is O=C1NC(=S)N(c2ccc(F)cc2)C(=O)C1=CN1CCCCCC1. The van der Waals surface area contributed by atoms with Crippen molar-refractivity contribution in [3.8, 4) is 0 Å². The van der Waals surface area contributed by atoms with Crippen LogP contribution in [0.3, 0.4) is 0 Å². The minimum Gasteiger partial charge on any atom is -0.377 e. The van der Waals surface area contributed by atoms with E-state index in [1.165, 1.54) is 29.2 Å². The van der Waals surface area contributed by atoms with Gasteiger partial charge in [-0.05, 0) is 49.3 Å². The molecule has 0 unspecified atom stereocenters. The molecule has 1 aromatic carbocycles. The van der Waals surface area contributed by atoms with E-state index < -0.39 is 17.6 Å². The molecule has 0 aromatic heterocycles. The highest BCUT2D eigenvalue weighted by Gasteiger charge is 2.35. The Kier molecular flexibility index (Phi) is 4.89. The Balaban J connectivity index is 1.89. The van der Waals surface area contributed by atoms with E-state index in [9.17, 15) is 14.0 Å². The van der Waals surface area contributed by atoms with Gasteiger partial charge in [0.2, 0.25) is 0 Å². The lowest BCUT2D eigenvalue weighted by Crippen LogP contribution is -2.54. The zero-order chi connectivity index (χ0) is 17.1. The topological polar surface area (TPSA) is 52.7 Å². The number of nitrogens with zero attached hydrogens (tertiary/aromatic N) is 2. The Labute approximate surface area is 145 Å². The van der Waals surface area contributed by atoms with Crippen LogP contribution in [0.25, 0.3) is 0 Å². The highest BCUT2D eigenvalue weighted by Crippen LogP contribution is 2.22. The Morgan fingerprint density at radius 3 is 2.29 bits per heavy atom. The van der Waals surface area contributed by atoms with Gasteiger partial charge in [-0.15, -0.1) is 0 Å². The van der Waals surface area contributed by atoms with Gasteiger partial charge in [0.25, 0.3) is 11.8 Å². The van der Waals surface area contributed by atoms with Crippen molar-refractivity contribution in [2.24, 2.45) is 0 Å². The predicted octanol–water partition coefficient (Wildman–Crippen LogP) is 2.33. The molecule has 24 heavy (non-hydrogen) atoms. The summed E-state index contributed by atoms with van der Waals surface area (Å²) in [4.78, 5) is 28.2. The first-order valence-corrected chi connectivity index (χ1v) is 8.38. The van der Waals surface area contributed by atoms with Crippen molar-refractivity contribution < 1.29 is 14.0 Å². The number of halogens is 1. The van der Waals surface area contributed by atoms with Crippen LogP contribution in [0.5, 0.6) is 0 Å². The van der Waals surface area contributed by atoms with Crippen LogP contribution in [0.2, 0.25) is 0 Å². The van der Waals surface area contributed by atoms with Gasteiger partial charge in [0.05, 0.1) is 5.69 Å². The molecule has 2 fully saturated rings. The second-order valence-electron chi connectivity index (χ2n) is 5.87. The quantitative estimate of drug-likeness (QED) is 0.507. The minimum absolute atomic E-state index is 0.00428. The summed E-state index contributed by atoms with van der Waals surface area (Å²) in [6.45, 7) is 1.65. The number of likely N-dealkylation sites (tertiary alicyclic amines) is 1. The molecular weight excluding hydrogens is 329 g/mol. The van der Waals surface area contributed by atoms with Gasteiger partial charge >= 0.3 is 0 Å². The summed E-state index contributed by atoms with van der Waals surface area (Å²) < 4.78 is 13.1. The molecule has 2 amide bonds. The van der Waals surface area contributed by atoms with Gasteiger partial charge in [-0.1, -0.05) is 12.8 Å². The molecule has 7 heteroatoms. The number of hydrogen-bond donors (Lipinski definition) is 1. The van der Waals surface area contributed by atoms with E-state index in [1.807, 2.05) is 4.90 Å². The standard InChI is InChI=1S/C17H18FN3O2S/c18-12-5-7-13(8-6-12)21-16(23)14(15(22)19-17(21)24)11-20-9-3-1-2-4-10-20/h5-8,11H,1-4,9-10H2,(H,19,22,24). The first-order chi connectivity index (χ1) is 11.6. The fraction of sp³-hybridized carbons (Fsp3) is 0.353. The maximum atomic E-state index is 13.1. The number of benzene rings is 1. The largest absolute Gasteiger partial charge is 0.377 e. The van der Waals surface area contributed by atoms with E-state index in [-0.39, 0.29) is 10.7 Å². The number of rotatable bonds is 2. The van der Waals surface area contributed by atoms with Gasteiger partial charge in [0.15, 0.2) is 5.11 Å². The molecule has 0 atom stereocenters. The van der Waals surface area contributed by atoms with Crippen LogP contribution in [0.4, 0.5) is 10.1 Å². The Morgan fingerprint density at radius 2 is 1.67 bits per heavy atom. The lowest BCUT2D eigenvalue weighted by atomic mass is 10.1. The average Bonchev–Trinajstić information content (AvgIpc) is 2.82. The fourth-order valence-corrected chi connectivity index (χ4v) is 3.16. The zero-order valence-electron chi connectivity index (χ0n) is 13.1. The molecule has 1 N–H and O–H groups in total. The predicted molar refractivity (Wildman–Crippen MR) is 92.8 cm³/mol. The van der Waals surface area contributed by atoms with Crippen LogP contribution in [-0.2, 0) is 9.59 Å². The van der Waals surface area contributed by atoms with E-state index in [0.29, 0.717) is 5.69 Å². The molecule has 126 valence electrons. The molecule has 1 aromatic rings. The number of carbonyl (C=O) groups is 2. The maximum absolute atomic E-state index is 13.1. The molecule has 3 rings (SSSR count). The van der Waals surface area contributed by atoms with Crippen LogP contribution in [0.1, 0.15) is 25.7 Å². The van der Waals surface area contributed by atoms with Gasteiger partial charge in [0, 0.05) is 19.3 Å². The molecule has 0 bridgehead atoms. The number of nitrogens with one attached hydrogen (secondary N) is 1. The second kappa shape index (κ2) is 7.09. The molecule has 2 saturated heterocycles. The number of anilines is 1. The first kappa shape index (κ1) is 16.6. The summed E-state index contributed by atoms with van der Waals surface area (Å²) in [6.07, 6.45) is 6.03. The summed E-state index contributed by atoms with van der Waals surface area (Å²) in [5.74, 6) is -1.38. The van der Waals surface area contributed by atoms with Gasteiger partial charge < -0.3 is 4.90 Å².